The Morgan fingerprint density at radius 3 is 1.90 bits per heavy atom. The van der Waals surface area contributed by atoms with Gasteiger partial charge in [-0.2, -0.15) is 35.1 Å². The summed E-state index contributed by atoms with van der Waals surface area (Å²) in [4.78, 5) is 145. The number of nitrogens with two attached hydrogens (primary N) is 3. The molecular weight excluding hydrogens is 2050 g/mol. The van der Waals surface area contributed by atoms with Gasteiger partial charge in [-0.1, -0.05) is 67.1 Å². The molecule has 16 N–H and O–H groups in total. The van der Waals surface area contributed by atoms with Crippen molar-refractivity contribution < 1.29 is 145 Å². The average molecular weight is 2200 g/mol. The van der Waals surface area contributed by atoms with E-state index < -0.39 is 71.7 Å². The first kappa shape index (κ1) is 131. The molecule has 149 heavy (non-hydrogen) atoms. The Kier molecular flexibility index (Phi) is 64.6. The normalized spacial score (nSPS) is 16.3. The van der Waals surface area contributed by atoms with E-state index >= 15 is 0 Å². The highest BCUT2D eigenvalue weighted by Crippen LogP contribution is 2.39. The lowest BCUT2D eigenvalue weighted by molar-refractivity contribution is -0.385. The van der Waals surface area contributed by atoms with Crippen LogP contribution in [0.5, 0.6) is 0 Å². The number of imidazole rings is 1. The van der Waals surface area contributed by atoms with E-state index in [1.807, 2.05) is 55.4 Å². The number of hydrogen-bond donors (Lipinski definition) is 13. The lowest BCUT2D eigenvalue weighted by Crippen LogP contribution is -3.00. The quantitative estimate of drug-likeness (QED) is 0.00315. The number of rotatable bonds is 58. The summed E-state index contributed by atoms with van der Waals surface area (Å²) in [6, 6.07) is 23.5. The highest BCUT2D eigenvalue weighted by molar-refractivity contribution is 7.99. The minimum Gasteiger partial charge on any atom is -1.00 e. The molecule has 8 unspecified atom stereocenters. The molecule has 4 aromatic carbocycles. The number of nitrogens with one attached hydrogen (secondary N) is 5. The van der Waals surface area contributed by atoms with Crippen molar-refractivity contribution in [3.8, 4) is 0 Å². The Bertz CT molecular complexity index is 5130. The number of alkyl halides is 3. The summed E-state index contributed by atoms with van der Waals surface area (Å²) in [5.41, 5.74) is 17.8. The number of thioether (sulfide) groups is 1. The molecule has 2 aliphatic heterocycles. The molecule has 9 rings (SSSR count). The molecule has 828 valence electrons. The minimum absolute atomic E-state index is 0. The molecule has 44 nitrogen and oxygen atoms in total. The third-order valence-electron chi connectivity index (χ3n) is 22.3. The number of hydrogen-bond acceptors (Lipinski definition) is 38. The Labute approximate surface area is 887 Å². The van der Waals surface area contributed by atoms with Gasteiger partial charge in [0, 0.05) is 146 Å². The standard InChI is InChI=1S/C70H101N11O17S2.C10H11F3N2O2.C7H7N3O3.2C5H11NO2S.ClH/c1-47-55-14-8-13-54(97-62(86)17-11-32-92-35-37-94-39-40-95-38-36-93-34-28-53(83)12-10-33-96-99-4)26-27-56(55)63(78-77-47)51-20-18-49(19-21-51)42-80(61(85)16-9-31-76-79(3)68(89)52-24-22-50(23-25-52)48(2)82)43-60(84)72-30-7-5-6-15-58-64-67(74-45-73-58)81(46-75-64)69-66(88)65(87)59(98-69)44-100-41-29-57(71)70(90)91;1-15(14)9(17)7-4-2-6(3-5-7)8(16)10(11,12)13;8-9-7(11)5-3-1-2-4-6(5)10(12)13;2*1-5(7)6-3-4-8-9-2;/h18-25,31,45-46,48,54-55,57,59,65-66,69,78,82,87-88H,5-17,26-30,32-44,71H2,1-4H3,(H,72,84)(H,90,91);2-5,8,16H,14H2,1H3;1-4H,8H2,(H,9,11);2*3-4H2,1-2H3,(H,6,7);1H/p-1/b76-31+;;;;;/t48?,54?,55?,57-,59?,65?,66?,69?;;;;;/m0...../s1. The number of halogens is 4. The highest BCUT2D eigenvalue weighted by atomic mass is 35.5. The molecule has 1 saturated heterocycles. The summed E-state index contributed by atoms with van der Waals surface area (Å²) in [5.74, 6) is 7.52. The number of unbranched alkanes of at least 4 members (excludes halogenated alkanes) is 2. The number of aryl methyl sites for hydroxylation is 1. The average Bonchev–Trinajstić information content (AvgIpc) is 1.64. The molecule has 7 amide bonds. The Balaban J connectivity index is 0.000000761. The van der Waals surface area contributed by atoms with Crippen molar-refractivity contribution in [2.24, 2.45) is 33.5 Å². The summed E-state index contributed by atoms with van der Waals surface area (Å²) < 4.78 is 87.5. The van der Waals surface area contributed by atoms with Crippen molar-refractivity contribution in [3.63, 3.8) is 0 Å². The second kappa shape index (κ2) is 73.6. The van der Waals surface area contributed by atoms with E-state index in [-0.39, 0.29) is 127 Å². The SMILES string of the molecule is CN(N)C(=O)c1ccc(C(O)C(F)(F)F)cc1.CSOCCCC(=O)CCOCCOCCOCCOCCCC(=O)OC1CCCC2C(C)=NNC(c3ccc(CN(CC(=O)NCCCCCc4ncnc5c4ncn5C4OC(CSCC[C@H](N)C(=O)O)C(O)C4O)C(=O)CC/C=N/N(C)C(=O)c4ccc(C(C)O)cc4)cc3)=C2CC1.CSOCCNC(C)=O.CSOCCNC(C)=O.NNC(=O)c1ccccc1[N+](=O)[O-].[Cl-]. The molecule has 0 bridgehead atoms. The van der Waals surface area contributed by atoms with Crippen LogP contribution in [0.25, 0.3) is 16.9 Å². The van der Waals surface area contributed by atoms with Crippen LogP contribution >= 0.6 is 47.9 Å². The van der Waals surface area contributed by atoms with Crippen LogP contribution < -0.4 is 56.6 Å². The van der Waals surface area contributed by atoms with Crippen LogP contribution in [0, 0.1) is 16.0 Å². The number of ketones is 1. The number of para-hydroxylation sites is 1. The van der Waals surface area contributed by atoms with Gasteiger partial charge in [-0.3, -0.25) is 78.5 Å². The van der Waals surface area contributed by atoms with E-state index in [0.717, 1.165) is 65.4 Å². The fraction of sp³-hybridized carbons (Fsp3) is 0.557. The number of esters is 1. The summed E-state index contributed by atoms with van der Waals surface area (Å²) in [6.07, 6.45) is 6.80. The lowest BCUT2D eigenvalue weighted by atomic mass is 9.80. The fourth-order valence-electron chi connectivity index (χ4n) is 14.5. The van der Waals surface area contributed by atoms with E-state index in [9.17, 15) is 86.6 Å². The van der Waals surface area contributed by atoms with Crippen LogP contribution in [0.2, 0.25) is 0 Å². The van der Waals surface area contributed by atoms with Crippen LogP contribution in [-0.4, -0.2) is 316 Å². The number of benzene rings is 4. The molecule has 2 aromatic heterocycles. The number of aliphatic hydroxyl groups excluding tert-OH is 4. The molecule has 9 atom stereocenters. The van der Waals surface area contributed by atoms with Crippen molar-refractivity contribution in [1.82, 2.24) is 61.2 Å². The molecule has 4 heterocycles. The van der Waals surface area contributed by atoms with E-state index in [2.05, 4.69) is 41.4 Å². The summed E-state index contributed by atoms with van der Waals surface area (Å²) in [5, 5.41) is 79.4. The number of carboxylic acids is 1. The number of amides is 7. The van der Waals surface area contributed by atoms with Gasteiger partial charge in [0.15, 0.2) is 18.0 Å². The molecule has 3 aliphatic rings. The molecule has 0 spiro atoms. The van der Waals surface area contributed by atoms with Gasteiger partial charge in [0.05, 0.1) is 107 Å². The number of nitrogen functional groups attached to an aromatic ring is 1. The number of carbonyl (C=O) groups excluding carboxylic acids is 9. The number of nitro benzene ring substituents is 1. The van der Waals surface area contributed by atoms with Gasteiger partial charge in [-0.05, 0) is 191 Å². The second-order valence-corrected chi connectivity index (χ2v) is 36.4. The highest BCUT2D eigenvalue weighted by Gasteiger charge is 2.45. The molecule has 6 aromatic rings. The maximum Gasteiger partial charge on any atom is 0.418 e. The van der Waals surface area contributed by atoms with E-state index in [1.54, 1.807) is 35.8 Å². The number of fused-ring (bicyclic) bond motifs is 2. The molecule has 52 heteroatoms. The summed E-state index contributed by atoms with van der Waals surface area (Å²) >= 11 is 5.28. The van der Waals surface area contributed by atoms with E-state index in [4.69, 9.17) is 73.7 Å². The lowest BCUT2D eigenvalue weighted by Gasteiger charge is -2.32. The van der Waals surface area contributed by atoms with Crippen LogP contribution in [0.3, 0.4) is 0 Å². The van der Waals surface area contributed by atoms with Gasteiger partial charge in [0.2, 0.25) is 23.6 Å². The third-order valence-corrected chi connectivity index (χ3v) is 24.6. The van der Waals surface area contributed by atoms with Gasteiger partial charge in [0.1, 0.15) is 47.5 Å². The number of aliphatic hydroxyl groups is 4. The van der Waals surface area contributed by atoms with Gasteiger partial charge < -0.3 is 105 Å². The van der Waals surface area contributed by atoms with Crippen LogP contribution in [0.15, 0.2) is 125 Å². The number of carbonyl (C=O) groups is 10. The Morgan fingerprint density at radius 1 is 0.711 bits per heavy atom. The number of nitro groups is 1. The van der Waals surface area contributed by atoms with Crippen molar-refractivity contribution in [2.45, 2.75) is 198 Å². The Morgan fingerprint density at radius 2 is 1.31 bits per heavy atom. The summed E-state index contributed by atoms with van der Waals surface area (Å²) in [6.45, 7) is 13.0. The van der Waals surface area contributed by atoms with E-state index in [1.165, 1.54) is 147 Å². The minimum atomic E-state index is -4.73. The van der Waals surface area contributed by atoms with E-state index in [0.29, 0.717) is 190 Å². The first-order valence-electron chi connectivity index (χ1n) is 48.0. The number of Topliss-reactive ketones (excluding diaryl/α,β-unsaturated/α-hetero) is 1. The van der Waals surface area contributed by atoms with Gasteiger partial charge in [-0.15, -0.1) is 0 Å². The number of carboxylic acid groups (broad SMARTS) is 1. The zero-order chi connectivity index (χ0) is 109. The number of nitrogens with zero attached hydrogens (tertiary/aromatic N) is 10. The molecule has 0 radical (unpaired) electrons. The van der Waals surface area contributed by atoms with Gasteiger partial charge >= 0.3 is 18.1 Å². The van der Waals surface area contributed by atoms with Crippen LogP contribution in [0.1, 0.15) is 208 Å². The molecule has 2 fully saturated rings. The molecule has 1 saturated carbocycles. The summed E-state index contributed by atoms with van der Waals surface area (Å²) in [7, 11) is 2.84. The van der Waals surface area contributed by atoms with Crippen LogP contribution in [0.4, 0.5) is 18.9 Å². The van der Waals surface area contributed by atoms with Crippen molar-refractivity contribution >= 4 is 141 Å². The number of ether oxygens (including phenoxy) is 6. The van der Waals surface area contributed by atoms with Crippen molar-refractivity contribution in [2.75, 3.05) is 143 Å². The smallest absolute Gasteiger partial charge is 0.418 e. The van der Waals surface area contributed by atoms with Crippen molar-refractivity contribution in [1.29, 1.82) is 0 Å². The third kappa shape index (κ3) is 50.1. The molecular formula is C97H141ClF3N18O26S4-. The second-order valence-electron chi connectivity index (χ2n) is 33.6. The first-order valence-corrected chi connectivity index (χ1v) is 52.6. The van der Waals surface area contributed by atoms with Gasteiger partial charge in [-0.25, -0.2) is 31.6 Å². The number of aliphatic carboxylic acids is 1. The predicted octanol–water partition coefficient (Wildman–Crippen LogP) is 5.76. The zero-order valence-electron chi connectivity index (χ0n) is 85.1. The monoisotopic (exact) mass is 2190 g/mol. The van der Waals surface area contributed by atoms with Crippen LogP contribution in [-0.2, 0) is 87.5 Å². The first-order chi connectivity index (χ1) is 70.8. The zero-order valence-corrected chi connectivity index (χ0v) is 89.1. The maximum atomic E-state index is 14.1. The van der Waals surface area contributed by atoms with Crippen molar-refractivity contribution in [3.05, 3.63) is 170 Å². The predicted molar refractivity (Wildman–Crippen MR) is 553 cm³/mol. The number of hydrazine groups is 2. The number of allylic oxidation sites excluding steroid dienone is 1. The van der Waals surface area contributed by atoms with Gasteiger partial charge in [0.25, 0.3) is 23.4 Å². The number of aromatic nitrogens is 4. The fourth-order valence-corrected chi connectivity index (χ4v) is 16.4. The topological polar surface area (TPSA) is 614 Å². The molecule has 1 aliphatic carbocycles. The maximum absolute atomic E-state index is 14.1. The Hall–Kier alpha value is -10.5. The number of hydrazone groups is 2. The largest absolute Gasteiger partial charge is 1.00 e.